The minimum atomic E-state index is 0.187. The maximum absolute atomic E-state index is 9.32. The first-order chi connectivity index (χ1) is 13.3. The monoisotopic (exact) mass is 382 g/mol. The van der Waals surface area contributed by atoms with E-state index in [1.807, 2.05) is 13.0 Å². The molecule has 0 spiro atoms. The van der Waals surface area contributed by atoms with Crippen LogP contribution in [0, 0.1) is 12.8 Å². The van der Waals surface area contributed by atoms with Gasteiger partial charge in [-0.2, -0.15) is 4.98 Å². The van der Waals surface area contributed by atoms with E-state index in [0.29, 0.717) is 17.9 Å². The first-order valence-corrected chi connectivity index (χ1v) is 10.4. The molecule has 5 heteroatoms. The van der Waals surface area contributed by atoms with Crippen molar-refractivity contribution in [1.82, 2.24) is 9.97 Å². The quantitative estimate of drug-likeness (QED) is 0.666. The van der Waals surface area contributed by atoms with E-state index in [1.54, 1.807) is 0 Å². The van der Waals surface area contributed by atoms with E-state index in [2.05, 4.69) is 65.6 Å². The molecule has 1 aromatic carbocycles. The normalized spacial score (nSPS) is 19.6. The fourth-order valence-electron chi connectivity index (χ4n) is 3.79. The number of aromatic nitrogens is 2. The molecular formula is C23H34N4O. The third kappa shape index (κ3) is 5.68. The molecule has 3 N–H and O–H groups in total. The number of nitrogens with zero attached hydrogens (tertiary/aromatic N) is 2. The lowest BCUT2D eigenvalue weighted by Gasteiger charge is -2.19. The van der Waals surface area contributed by atoms with Crippen LogP contribution in [0.3, 0.4) is 0 Å². The van der Waals surface area contributed by atoms with Gasteiger partial charge in [0, 0.05) is 31.0 Å². The van der Waals surface area contributed by atoms with E-state index >= 15 is 0 Å². The van der Waals surface area contributed by atoms with Crippen molar-refractivity contribution < 1.29 is 5.11 Å². The Morgan fingerprint density at radius 3 is 2.50 bits per heavy atom. The van der Waals surface area contributed by atoms with Crippen LogP contribution in [-0.4, -0.2) is 34.3 Å². The lowest BCUT2D eigenvalue weighted by Crippen LogP contribution is -2.18. The molecular weight excluding hydrogens is 348 g/mol. The molecule has 1 saturated carbocycles. The van der Waals surface area contributed by atoms with Crippen molar-refractivity contribution in [3.8, 4) is 0 Å². The molecule has 1 heterocycles. The van der Waals surface area contributed by atoms with Crippen LogP contribution < -0.4 is 10.6 Å². The summed E-state index contributed by atoms with van der Waals surface area (Å²) in [5.74, 6) is 1.96. The van der Waals surface area contributed by atoms with Gasteiger partial charge in [0.15, 0.2) is 0 Å². The average Bonchev–Trinajstić information content (AvgIpc) is 3.08. The van der Waals surface area contributed by atoms with Crippen LogP contribution in [0.2, 0.25) is 0 Å². The Labute approximate surface area is 169 Å². The molecule has 1 aliphatic rings. The molecule has 0 radical (unpaired) electrons. The molecule has 1 aromatic heterocycles. The van der Waals surface area contributed by atoms with Gasteiger partial charge in [0.25, 0.3) is 0 Å². The van der Waals surface area contributed by atoms with E-state index < -0.39 is 0 Å². The molecule has 0 amide bonds. The minimum Gasteiger partial charge on any atom is -0.396 e. The molecule has 5 nitrogen and oxygen atoms in total. The van der Waals surface area contributed by atoms with Crippen LogP contribution in [0.4, 0.5) is 11.8 Å². The van der Waals surface area contributed by atoms with Crippen LogP contribution in [0.15, 0.2) is 30.3 Å². The van der Waals surface area contributed by atoms with Crippen molar-refractivity contribution in [2.75, 3.05) is 23.8 Å². The van der Waals surface area contributed by atoms with E-state index in [9.17, 15) is 5.11 Å². The minimum absolute atomic E-state index is 0.187. The second-order valence-corrected chi connectivity index (χ2v) is 9.04. The van der Waals surface area contributed by atoms with Crippen molar-refractivity contribution in [2.24, 2.45) is 5.92 Å². The third-order valence-corrected chi connectivity index (χ3v) is 5.52. The van der Waals surface area contributed by atoms with E-state index in [-0.39, 0.29) is 12.0 Å². The van der Waals surface area contributed by atoms with E-state index in [1.165, 1.54) is 11.1 Å². The molecule has 0 aliphatic heterocycles. The molecule has 1 fully saturated rings. The van der Waals surface area contributed by atoms with E-state index in [0.717, 1.165) is 43.7 Å². The zero-order valence-electron chi connectivity index (χ0n) is 17.6. The maximum Gasteiger partial charge on any atom is 0.224 e. The summed E-state index contributed by atoms with van der Waals surface area (Å²) in [4.78, 5) is 9.14. The summed E-state index contributed by atoms with van der Waals surface area (Å²) in [6, 6.07) is 11.3. The number of hydrogen-bond donors (Lipinski definition) is 3. The molecule has 28 heavy (non-hydrogen) atoms. The Bertz CT molecular complexity index is 767. The van der Waals surface area contributed by atoms with Gasteiger partial charge >= 0.3 is 0 Å². The summed E-state index contributed by atoms with van der Waals surface area (Å²) in [6.07, 6.45) is 4.11. The van der Waals surface area contributed by atoms with Gasteiger partial charge in [0.1, 0.15) is 5.82 Å². The van der Waals surface area contributed by atoms with Gasteiger partial charge < -0.3 is 15.7 Å². The molecule has 152 valence electrons. The predicted octanol–water partition coefficient (Wildman–Crippen LogP) is 4.31. The fraction of sp³-hybridized carbons (Fsp3) is 0.565. The summed E-state index contributed by atoms with van der Waals surface area (Å²) >= 11 is 0. The van der Waals surface area contributed by atoms with Gasteiger partial charge in [-0.1, -0.05) is 45.0 Å². The lowest BCUT2D eigenvalue weighted by molar-refractivity contribution is 0.229. The number of aliphatic hydroxyl groups excluding tert-OH is 1. The Hall–Kier alpha value is -2.14. The highest BCUT2D eigenvalue weighted by atomic mass is 16.3. The molecule has 2 atom stereocenters. The molecule has 0 bridgehead atoms. The van der Waals surface area contributed by atoms with Gasteiger partial charge in [0.2, 0.25) is 5.95 Å². The van der Waals surface area contributed by atoms with Gasteiger partial charge in [-0.25, -0.2) is 4.98 Å². The SMILES string of the molecule is Cc1cc(NC2CCC(CO)C2)nc(NCCc2ccc(C(C)(C)C)cc2)n1. The summed E-state index contributed by atoms with van der Waals surface area (Å²) < 4.78 is 0. The second-order valence-electron chi connectivity index (χ2n) is 9.04. The van der Waals surface area contributed by atoms with E-state index in [4.69, 9.17) is 0 Å². The van der Waals surface area contributed by atoms with Crippen LogP contribution >= 0.6 is 0 Å². The number of benzene rings is 1. The standard InChI is InChI=1S/C23H34N4O/c1-16-13-21(26-20-10-7-18(14-20)15-28)27-22(25-16)24-12-11-17-5-8-19(9-6-17)23(2,3)4/h5-6,8-9,13,18,20,28H,7,10-12,14-15H2,1-4H3,(H2,24,25,26,27). The molecule has 0 saturated heterocycles. The summed E-state index contributed by atoms with van der Waals surface area (Å²) in [7, 11) is 0. The molecule has 1 aliphatic carbocycles. The van der Waals surface area contributed by atoms with Gasteiger partial charge in [-0.15, -0.1) is 0 Å². The van der Waals surface area contributed by atoms with Crippen LogP contribution in [-0.2, 0) is 11.8 Å². The average molecular weight is 383 g/mol. The Balaban J connectivity index is 1.54. The number of hydrogen-bond acceptors (Lipinski definition) is 5. The number of rotatable bonds is 7. The van der Waals surface area contributed by atoms with Crippen molar-refractivity contribution in [3.05, 3.63) is 47.2 Å². The fourth-order valence-corrected chi connectivity index (χ4v) is 3.79. The zero-order valence-corrected chi connectivity index (χ0v) is 17.6. The van der Waals surface area contributed by atoms with Gasteiger partial charge in [-0.05, 0) is 55.1 Å². The maximum atomic E-state index is 9.32. The Morgan fingerprint density at radius 2 is 1.86 bits per heavy atom. The molecule has 3 rings (SSSR count). The summed E-state index contributed by atoms with van der Waals surface area (Å²) in [5.41, 5.74) is 3.81. The molecule has 2 aromatic rings. The van der Waals surface area contributed by atoms with Crippen LogP contribution in [0.5, 0.6) is 0 Å². The zero-order chi connectivity index (χ0) is 20.1. The Kier molecular flexibility index (Phi) is 6.55. The highest BCUT2D eigenvalue weighted by Gasteiger charge is 2.24. The van der Waals surface area contributed by atoms with Crippen molar-refractivity contribution >= 4 is 11.8 Å². The van der Waals surface area contributed by atoms with Crippen molar-refractivity contribution in [1.29, 1.82) is 0 Å². The number of aliphatic hydroxyl groups is 1. The summed E-state index contributed by atoms with van der Waals surface area (Å²) in [5, 5.41) is 16.2. The predicted molar refractivity (Wildman–Crippen MR) is 116 cm³/mol. The van der Waals surface area contributed by atoms with Crippen LogP contribution in [0.25, 0.3) is 0 Å². The summed E-state index contributed by atoms with van der Waals surface area (Å²) in [6.45, 7) is 9.78. The number of aryl methyl sites for hydroxylation is 1. The molecule has 2 unspecified atom stereocenters. The largest absolute Gasteiger partial charge is 0.396 e. The first kappa shape index (κ1) is 20.6. The van der Waals surface area contributed by atoms with Crippen LogP contribution in [0.1, 0.15) is 56.9 Å². The topological polar surface area (TPSA) is 70.1 Å². The second kappa shape index (κ2) is 8.91. The Morgan fingerprint density at radius 1 is 1.11 bits per heavy atom. The third-order valence-electron chi connectivity index (χ3n) is 5.52. The van der Waals surface area contributed by atoms with Crippen molar-refractivity contribution in [2.45, 2.75) is 64.8 Å². The van der Waals surface area contributed by atoms with Crippen molar-refractivity contribution in [3.63, 3.8) is 0 Å². The first-order valence-electron chi connectivity index (χ1n) is 10.4. The van der Waals surface area contributed by atoms with Gasteiger partial charge in [0.05, 0.1) is 0 Å². The highest BCUT2D eigenvalue weighted by molar-refractivity contribution is 5.43. The lowest BCUT2D eigenvalue weighted by atomic mass is 9.86. The number of anilines is 2. The highest BCUT2D eigenvalue weighted by Crippen LogP contribution is 2.27. The smallest absolute Gasteiger partial charge is 0.224 e. The number of nitrogens with one attached hydrogen (secondary N) is 2. The van der Waals surface area contributed by atoms with Gasteiger partial charge in [-0.3, -0.25) is 0 Å².